The Kier molecular flexibility index (Phi) is 5.41. The second-order valence-electron chi connectivity index (χ2n) is 5.08. The molecule has 1 aromatic carbocycles. The van der Waals surface area contributed by atoms with Gasteiger partial charge in [0.1, 0.15) is 11.6 Å². The first kappa shape index (κ1) is 16.0. The Morgan fingerprint density at radius 3 is 2.62 bits per heavy atom. The zero-order valence-corrected chi connectivity index (χ0v) is 12.6. The highest BCUT2D eigenvalue weighted by Crippen LogP contribution is 2.26. The van der Waals surface area contributed by atoms with Crippen LogP contribution < -0.4 is 10.6 Å². The van der Waals surface area contributed by atoms with Gasteiger partial charge in [-0.15, -0.1) is 0 Å². The zero-order valence-electron chi connectivity index (χ0n) is 11.8. The number of aliphatic hydroxyl groups is 1. The van der Waals surface area contributed by atoms with Gasteiger partial charge in [0.2, 0.25) is 0 Å². The smallest absolute Gasteiger partial charge is 0.191 e. The number of hydrogen-bond acceptors (Lipinski definition) is 3. The Bertz CT molecular complexity index is 499. The Balaban J connectivity index is 1.85. The number of benzene rings is 1. The van der Waals surface area contributed by atoms with Crippen LogP contribution in [0.25, 0.3) is 0 Å². The van der Waals surface area contributed by atoms with Crippen molar-refractivity contribution in [1.82, 2.24) is 10.6 Å². The van der Waals surface area contributed by atoms with Gasteiger partial charge in [0.15, 0.2) is 5.96 Å². The number of nitrogens with zero attached hydrogens (tertiary/aromatic N) is 1. The molecule has 1 fully saturated rings. The highest BCUT2D eigenvalue weighted by molar-refractivity contribution is 7.99. The molecule has 7 heteroatoms. The van der Waals surface area contributed by atoms with E-state index < -0.39 is 17.2 Å². The zero-order chi connectivity index (χ0) is 15.3. The number of guanidine groups is 1. The third kappa shape index (κ3) is 4.86. The van der Waals surface area contributed by atoms with E-state index in [0.29, 0.717) is 23.8 Å². The largest absolute Gasteiger partial charge is 0.387 e. The van der Waals surface area contributed by atoms with Gasteiger partial charge in [-0.05, 0) is 29.9 Å². The minimum Gasteiger partial charge on any atom is -0.387 e. The molecule has 0 saturated carbocycles. The van der Waals surface area contributed by atoms with E-state index in [1.165, 1.54) is 12.1 Å². The molecular weight excluding hydrogens is 296 g/mol. The highest BCUT2D eigenvalue weighted by atomic mass is 32.2. The molecule has 0 spiro atoms. The number of rotatable bonds is 4. The summed E-state index contributed by atoms with van der Waals surface area (Å²) in [4.78, 5) is 4.03. The molecule has 1 heterocycles. The van der Waals surface area contributed by atoms with Gasteiger partial charge in [-0.1, -0.05) is 0 Å². The molecule has 21 heavy (non-hydrogen) atoms. The van der Waals surface area contributed by atoms with Crippen molar-refractivity contribution in [3.05, 3.63) is 35.4 Å². The van der Waals surface area contributed by atoms with Gasteiger partial charge < -0.3 is 15.7 Å². The molecule has 0 radical (unpaired) electrons. The summed E-state index contributed by atoms with van der Waals surface area (Å²) in [5.41, 5.74) is -0.224. The fourth-order valence-electron chi connectivity index (χ4n) is 2.10. The summed E-state index contributed by atoms with van der Waals surface area (Å²) >= 11 is 1.72. The van der Waals surface area contributed by atoms with Crippen molar-refractivity contribution in [2.75, 3.05) is 25.1 Å². The number of nitrogens with one attached hydrogen (secondary N) is 2. The van der Waals surface area contributed by atoms with Crippen molar-refractivity contribution < 1.29 is 13.9 Å². The van der Waals surface area contributed by atoms with E-state index in [4.69, 9.17) is 0 Å². The summed E-state index contributed by atoms with van der Waals surface area (Å²) in [6, 6.07) is 3.37. The predicted octanol–water partition coefficient (Wildman–Crippen LogP) is 1.50. The van der Waals surface area contributed by atoms with Crippen LogP contribution >= 0.6 is 11.8 Å². The van der Waals surface area contributed by atoms with E-state index in [1.807, 2.05) is 0 Å². The summed E-state index contributed by atoms with van der Waals surface area (Å²) in [6.07, 6.45) is 0.747. The van der Waals surface area contributed by atoms with Gasteiger partial charge in [-0.2, -0.15) is 11.8 Å². The van der Waals surface area contributed by atoms with Crippen LogP contribution in [0, 0.1) is 11.6 Å². The maximum absolute atomic E-state index is 13.1. The SMILES string of the molecule is CN=C(NCc1cc(F)cc(F)c1)NCC1(O)CCSC1. The minimum absolute atomic E-state index is 0.252. The molecular formula is C14H19F2N3OS. The topological polar surface area (TPSA) is 56.7 Å². The molecule has 1 atom stereocenters. The predicted molar refractivity (Wildman–Crippen MR) is 81.5 cm³/mol. The van der Waals surface area contributed by atoms with Crippen LogP contribution in [-0.4, -0.2) is 41.8 Å². The van der Waals surface area contributed by atoms with Crippen molar-refractivity contribution in [2.45, 2.75) is 18.6 Å². The monoisotopic (exact) mass is 315 g/mol. The fraction of sp³-hybridized carbons (Fsp3) is 0.500. The van der Waals surface area contributed by atoms with Crippen LogP contribution in [0.5, 0.6) is 0 Å². The van der Waals surface area contributed by atoms with Crippen LogP contribution in [0.3, 0.4) is 0 Å². The fourth-order valence-corrected chi connectivity index (χ4v) is 3.40. The second-order valence-corrected chi connectivity index (χ2v) is 6.19. The summed E-state index contributed by atoms with van der Waals surface area (Å²) in [7, 11) is 1.61. The molecule has 1 unspecified atom stereocenters. The first-order valence-electron chi connectivity index (χ1n) is 6.70. The molecule has 1 aliphatic heterocycles. The van der Waals surface area contributed by atoms with E-state index in [9.17, 15) is 13.9 Å². The Morgan fingerprint density at radius 2 is 2.05 bits per heavy atom. The molecule has 1 saturated heterocycles. The van der Waals surface area contributed by atoms with Crippen LogP contribution in [-0.2, 0) is 6.54 Å². The molecule has 0 aromatic heterocycles. The number of halogens is 2. The van der Waals surface area contributed by atoms with Crippen LogP contribution in [0.2, 0.25) is 0 Å². The first-order chi connectivity index (χ1) is 10.0. The van der Waals surface area contributed by atoms with Gasteiger partial charge in [0.25, 0.3) is 0 Å². The Morgan fingerprint density at radius 1 is 1.33 bits per heavy atom. The number of hydrogen-bond donors (Lipinski definition) is 3. The van der Waals surface area contributed by atoms with E-state index in [0.717, 1.165) is 18.2 Å². The Hall–Kier alpha value is -1.34. The highest BCUT2D eigenvalue weighted by Gasteiger charge is 2.31. The van der Waals surface area contributed by atoms with Gasteiger partial charge >= 0.3 is 0 Å². The quantitative estimate of drug-likeness (QED) is 0.582. The van der Waals surface area contributed by atoms with Crippen molar-refractivity contribution >= 4 is 17.7 Å². The molecule has 116 valence electrons. The van der Waals surface area contributed by atoms with E-state index in [-0.39, 0.29) is 6.54 Å². The molecule has 0 aliphatic carbocycles. The molecule has 2 rings (SSSR count). The summed E-state index contributed by atoms with van der Waals surface area (Å²) in [6.45, 7) is 0.652. The van der Waals surface area contributed by atoms with Gasteiger partial charge in [-0.25, -0.2) is 8.78 Å². The molecule has 3 N–H and O–H groups in total. The maximum Gasteiger partial charge on any atom is 0.191 e. The van der Waals surface area contributed by atoms with Crippen LogP contribution in [0.15, 0.2) is 23.2 Å². The number of aliphatic imine (C=N–C) groups is 1. The lowest BCUT2D eigenvalue weighted by Gasteiger charge is -2.23. The lowest BCUT2D eigenvalue weighted by molar-refractivity contribution is 0.0724. The minimum atomic E-state index is -0.715. The van der Waals surface area contributed by atoms with Crippen molar-refractivity contribution in [3.8, 4) is 0 Å². The lowest BCUT2D eigenvalue weighted by Crippen LogP contribution is -2.47. The molecule has 1 aromatic rings. The van der Waals surface area contributed by atoms with Gasteiger partial charge in [0.05, 0.1) is 5.60 Å². The third-order valence-electron chi connectivity index (χ3n) is 3.27. The second kappa shape index (κ2) is 7.09. The molecule has 1 aliphatic rings. The van der Waals surface area contributed by atoms with Gasteiger partial charge in [0, 0.05) is 32.0 Å². The van der Waals surface area contributed by atoms with Crippen LogP contribution in [0.1, 0.15) is 12.0 Å². The molecule has 0 amide bonds. The summed E-state index contributed by atoms with van der Waals surface area (Å²) in [5.74, 6) is 0.933. The van der Waals surface area contributed by atoms with E-state index in [1.54, 1.807) is 18.8 Å². The third-order valence-corrected chi connectivity index (χ3v) is 4.51. The maximum atomic E-state index is 13.1. The van der Waals surface area contributed by atoms with Crippen molar-refractivity contribution in [2.24, 2.45) is 4.99 Å². The molecule has 4 nitrogen and oxygen atoms in total. The lowest BCUT2D eigenvalue weighted by atomic mass is 10.0. The average Bonchev–Trinajstić information content (AvgIpc) is 2.85. The van der Waals surface area contributed by atoms with Gasteiger partial charge in [-0.3, -0.25) is 4.99 Å². The Labute approximate surface area is 127 Å². The normalized spacial score (nSPS) is 22.4. The van der Waals surface area contributed by atoms with E-state index >= 15 is 0 Å². The van der Waals surface area contributed by atoms with E-state index in [2.05, 4.69) is 15.6 Å². The standard InChI is InChI=1S/C14H19F2N3OS/c1-17-13(19-8-14(20)2-3-21-9-14)18-7-10-4-11(15)6-12(16)5-10/h4-6,20H,2-3,7-9H2,1H3,(H2,17,18,19). The molecule has 0 bridgehead atoms. The summed E-state index contributed by atoms with van der Waals surface area (Å²) in [5, 5.41) is 16.2. The van der Waals surface area contributed by atoms with Crippen molar-refractivity contribution in [1.29, 1.82) is 0 Å². The average molecular weight is 315 g/mol. The summed E-state index contributed by atoms with van der Waals surface area (Å²) < 4.78 is 26.2. The van der Waals surface area contributed by atoms with Crippen molar-refractivity contribution in [3.63, 3.8) is 0 Å². The van der Waals surface area contributed by atoms with Crippen LogP contribution in [0.4, 0.5) is 8.78 Å². The first-order valence-corrected chi connectivity index (χ1v) is 7.86. The number of thioether (sulfide) groups is 1.